The number of benzene rings is 1. The van der Waals surface area contributed by atoms with E-state index >= 15 is 0 Å². The molecule has 0 aliphatic rings. The summed E-state index contributed by atoms with van der Waals surface area (Å²) < 4.78 is 33.4. The number of aromatic nitrogens is 2. The van der Waals surface area contributed by atoms with E-state index in [1.807, 2.05) is 0 Å². The molecule has 0 amide bonds. The molecule has 3 N–H and O–H groups in total. The molecule has 2 aromatic rings. The van der Waals surface area contributed by atoms with Gasteiger partial charge in [0.1, 0.15) is 11.6 Å². The van der Waals surface area contributed by atoms with Gasteiger partial charge in [0.25, 0.3) is 10.0 Å². The van der Waals surface area contributed by atoms with Crippen molar-refractivity contribution in [2.75, 3.05) is 17.6 Å². The maximum atomic E-state index is 12.2. The van der Waals surface area contributed by atoms with Crippen molar-refractivity contribution in [3.8, 4) is 5.75 Å². The molecule has 1 aromatic heterocycles. The number of aryl methyl sites for hydroxylation is 2. The van der Waals surface area contributed by atoms with E-state index in [-0.39, 0.29) is 5.03 Å². The number of nitrogens with zero attached hydrogens (tertiary/aromatic N) is 2. The second kappa shape index (κ2) is 5.04. The van der Waals surface area contributed by atoms with Crippen LogP contribution in [0.2, 0.25) is 0 Å². The molecule has 20 heavy (non-hydrogen) atoms. The Morgan fingerprint density at radius 3 is 2.60 bits per heavy atom. The SMILES string of the molecule is COc1ccc(NS(=O)(=O)c2cn(C)c(C)n2)cc1N. The molecule has 2 rings (SSSR count). The number of methoxy groups -OCH3 is 1. The fourth-order valence-corrected chi connectivity index (χ4v) is 2.75. The van der Waals surface area contributed by atoms with Gasteiger partial charge in [0.15, 0.2) is 5.03 Å². The molecule has 1 aromatic carbocycles. The monoisotopic (exact) mass is 296 g/mol. The summed E-state index contributed by atoms with van der Waals surface area (Å²) in [7, 11) is -0.508. The van der Waals surface area contributed by atoms with Crippen molar-refractivity contribution in [2.24, 2.45) is 7.05 Å². The van der Waals surface area contributed by atoms with Gasteiger partial charge in [0.2, 0.25) is 0 Å². The van der Waals surface area contributed by atoms with Crippen LogP contribution < -0.4 is 15.2 Å². The zero-order valence-electron chi connectivity index (χ0n) is 11.4. The van der Waals surface area contributed by atoms with Crippen LogP contribution in [0.4, 0.5) is 11.4 Å². The lowest BCUT2D eigenvalue weighted by atomic mass is 10.2. The molecule has 0 aliphatic heterocycles. The number of hydrogen-bond acceptors (Lipinski definition) is 5. The number of rotatable bonds is 4. The minimum atomic E-state index is -3.73. The summed E-state index contributed by atoms with van der Waals surface area (Å²) in [5, 5.41) is -0.0353. The number of ether oxygens (including phenoxy) is 1. The third kappa shape index (κ3) is 2.69. The van der Waals surface area contributed by atoms with Crippen LogP contribution in [0.25, 0.3) is 0 Å². The van der Waals surface area contributed by atoms with Gasteiger partial charge in [0.05, 0.1) is 18.5 Å². The number of hydrogen-bond donors (Lipinski definition) is 2. The minimum Gasteiger partial charge on any atom is -0.495 e. The average molecular weight is 296 g/mol. The van der Waals surface area contributed by atoms with Gasteiger partial charge in [-0.1, -0.05) is 0 Å². The van der Waals surface area contributed by atoms with Crippen LogP contribution in [0.3, 0.4) is 0 Å². The van der Waals surface area contributed by atoms with E-state index in [1.54, 1.807) is 30.7 Å². The van der Waals surface area contributed by atoms with Crippen molar-refractivity contribution in [3.63, 3.8) is 0 Å². The normalized spacial score (nSPS) is 11.3. The van der Waals surface area contributed by atoms with E-state index in [2.05, 4.69) is 9.71 Å². The van der Waals surface area contributed by atoms with E-state index in [4.69, 9.17) is 10.5 Å². The summed E-state index contributed by atoms with van der Waals surface area (Å²) in [4.78, 5) is 3.99. The highest BCUT2D eigenvalue weighted by atomic mass is 32.2. The highest BCUT2D eigenvalue weighted by Gasteiger charge is 2.19. The molecule has 8 heteroatoms. The third-order valence-corrected chi connectivity index (χ3v) is 4.10. The van der Waals surface area contributed by atoms with Crippen molar-refractivity contribution in [3.05, 3.63) is 30.2 Å². The highest BCUT2D eigenvalue weighted by Crippen LogP contribution is 2.26. The molecule has 0 saturated heterocycles. The van der Waals surface area contributed by atoms with Crippen molar-refractivity contribution in [1.82, 2.24) is 9.55 Å². The minimum absolute atomic E-state index is 0.0353. The molecule has 108 valence electrons. The number of nitrogen functional groups attached to an aromatic ring is 1. The zero-order chi connectivity index (χ0) is 14.9. The van der Waals surface area contributed by atoms with E-state index < -0.39 is 10.0 Å². The summed E-state index contributed by atoms with van der Waals surface area (Å²) >= 11 is 0. The van der Waals surface area contributed by atoms with Gasteiger partial charge in [-0.15, -0.1) is 0 Å². The Hall–Kier alpha value is -2.22. The molecule has 0 radical (unpaired) electrons. The Labute approximate surface area is 117 Å². The molecule has 0 fully saturated rings. The first-order valence-electron chi connectivity index (χ1n) is 5.80. The zero-order valence-corrected chi connectivity index (χ0v) is 12.2. The summed E-state index contributed by atoms with van der Waals surface area (Å²) in [6.07, 6.45) is 1.45. The Kier molecular flexibility index (Phi) is 3.58. The molecular formula is C12H16N4O3S. The predicted molar refractivity (Wildman–Crippen MR) is 76.2 cm³/mol. The lowest BCUT2D eigenvalue weighted by molar-refractivity contribution is 0.417. The third-order valence-electron chi connectivity index (χ3n) is 2.84. The second-order valence-electron chi connectivity index (χ2n) is 4.30. The van der Waals surface area contributed by atoms with Crippen LogP contribution in [0.1, 0.15) is 5.82 Å². The van der Waals surface area contributed by atoms with Gasteiger partial charge in [-0.05, 0) is 25.1 Å². The van der Waals surface area contributed by atoms with Crippen LogP contribution in [-0.2, 0) is 17.1 Å². The van der Waals surface area contributed by atoms with Crippen molar-refractivity contribution in [1.29, 1.82) is 0 Å². The Balaban J connectivity index is 2.31. The van der Waals surface area contributed by atoms with Crippen LogP contribution >= 0.6 is 0 Å². The first kappa shape index (κ1) is 14.2. The number of sulfonamides is 1. The summed E-state index contributed by atoms with van der Waals surface area (Å²) in [5.74, 6) is 1.10. The first-order chi connectivity index (χ1) is 9.33. The standard InChI is InChI=1S/C12H16N4O3S/c1-8-14-12(7-16(8)2)20(17,18)15-9-4-5-11(19-3)10(13)6-9/h4-7,15H,13H2,1-3H3. The molecule has 0 spiro atoms. The molecule has 0 aliphatic carbocycles. The topological polar surface area (TPSA) is 99.2 Å². The van der Waals surface area contributed by atoms with Crippen LogP contribution in [0.5, 0.6) is 5.75 Å². The van der Waals surface area contributed by atoms with E-state index in [0.29, 0.717) is 22.9 Å². The first-order valence-corrected chi connectivity index (χ1v) is 7.28. The van der Waals surface area contributed by atoms with E-state index in [9.17, 15) is 8.42 Å². The maximum Gasteiger partial charge on any atom is 0.280 e. The smallest absolute Gasteiger partial charge is 0.280 e. The lowest BCUT2D eigenvalue weighted by Gasteiger charge is -2.09. The van der Waals surface area contributed by atoms with Crippen LogP contribution in [0.15, 0.2) is 29.4 Å². The van der Waals surface area contributed by atoms with Crippen molar-refractivity contribution >= 4 is 21.4 Å². The van der Waals surface area contributed by atoms with E-state index in [0.717, 1.165) is 0 Å². The fraction of sp³-hybridized carbons (Fsp3) is 0.250. The molecule has 0 unspecified atom stereocenters. The molecular weight excluding hydrogens is 280 g/mol. The van der Waals surface area contributed by atoms with Gasteiger partial charge in [-0.2, -0.15) is 8.42 Å². The Morgan fingerprint density at radius 2 is 2.10 bits per heavy atom. The van der Waals surface area contributed by atoms with Crippen LogP contribution in [-0.4, -0.2) is 25.1 Å². The fourth-order valence-electron chi connectivity index (χ4n) is 1.66. The molecule has 0 saturated carbocycles. The number of nitrogens with two attached hydrogens (primary N) is 1. The van der Waals surface area contributed by atoms with Crippen LogP contribution in [0, 0.1) is 6.92 Å². The average Bonchev–Trinajstić information content (AvgIpc) is 2.70. The Morgan fingerprint density at radius 1 is 1.40 bits per heavy atom. The molecule has 0 bridgehead atoms. The second-order valence-corrected chi connectivity index (χ2v) is 5.93. The van der Waals surface area contributed by atoms with Crippen molar-refractivity contribution in [2.45, 2.75) is 11.9 Å². The number of nitrogens with one attached hydrogen (secondary N) is 1. The van der Waals surface area contributed by atoms with Gasteiger partial charge in [-0.3, -0.25) is 4.72 Å². The number of anilines is 2. The van der Waals surface area contributed by atoms with E-state index in [1.165, 1.54) is 19.4 Å². The summed E-state index contributed by atoms with van der Waals surface area (Å²) in [6, 6.07) is 4.66. The van der Waals surface area contributed by atoms with Gasteiger partial charge in [-0.25, -0.2) is 4.98 Å². The molecule has 1 heterocycles. The largest absolute Gasteiger partial charge is 0.495 e. The van der Waals surface area contributed by atoms with Gasteiger partial charge in [0, 0.05) is 13.2 Å². The summed E-state index contributed by atoms with van der Waals surface area (Å²) in [6.45, 7) is 1.73. The number of imidazole rings is 1. The maximum absolute atomic E-state index is 12.2. The quantitative estimate of drug-likeness (QED) is 0.824. The predicted octanol–water partition coefficient (Wildman–Crippen LogP) is 1.12. The van der Waals surface area contributed by atoms with Gasteiger partial charge < -0.3 is 15.0 Å². The molecule has 0 atom stereocenters. The van der Waals surface area contributed by atoms with Crippen molar-refractivity contribution < 1.29 is 13.2 Å². The lowest BCUT2D eigenvalue weighted by Crippen LogP contribution is -2.13. The van der Waals surface area contributed by atoms with Gasteiger partial charge >= 0.3 is 0 Å². The Bertz CT molecular complexity index is 718. The highest BCUT2D eigenvalue weighted by molar-refractivity contribution is 7.92. The summed E-state index contributed by atoms with van der Waals surface area (Å²) in [5.41, 5.74) is 6.44. The molecule has 7 nitrogen and oxygen atoms in total.